The highest BCUT2D eigenvalue weighted by Gasteiger charge is 2.09. The van der Waals surface area contributed by atoms with Crippen LogP contribution in [0.1, 0.15) is 17.4 Å². The molecule has 1 aromatic carbocycles. The molecule has 17 heavy (non-hydrogen) atoms. The molecule has 0 aliphatic carbocycles. The lowest BCUT2D eigenvalue weighted by Crippen LogP contribution is -2.15. The number of aryl methyl sites for hydroxylation is 1. The summed E-state index contributed by atoms with van der Waals surface area (Å²) in [4.78, 5) is 5.56. The van der Waals surface area contributed by atoms with E-state index in [-0.39, 0.29) is 6.04 Å². The van der Waals surface area contributed by atoms with Gasteiger partial charge in [0.15, 0.2) is 0 Å². The molecule has 2 aromatic rings. The maximum atomic E-state index is 6.19. The molecule has 4 heteroatoms. The number of nitrogens with zero attached hydrogens (tertiary/aromatic N) is 2. The van der Waals surface area contributed by atoms with E-state index in [2.05, 4.69) is 35.5 Å². The second-order valence-corrected chi connectivity index (χ2v) is 4.92. The van der Waals surface area contributed by atoms with Gasteiger partial charge in [0, 0.05) is 36.8 Å². The normalized spacial score (nSPS) is 12.6. The Morgan fingerprint density at radius 1 is 1.35 bits per heavy atom. The van der Waals surface area contributed by atoms with Crippen molar-refractivity contribution in [2.45, 2.75) is 17.4 Å². The van der Waals surface area contributed by atoms with Gasteiger partial charge in [0.1, 0.15) is 5.82 Å². The maximum absolute atomic E-state index is 6.19. The molecule has 0 saturated carbocycles. The van der Waals surface area contributed by atoms with Crippen molar-refractivity contribution < 1.29 is 0 Å². The molecule has 2 N–H and O–H groups in total. The molecule has 2 rings (SSSR count). The Morgan fingerprint density at radius 2 is 2.06 bits per heavy atom. The monoisotopic (exact) mass is 247 g/mol. The van der Waals surface area contributed by atoms with Crippen molar-refractivity contribution in [3.63, 3.8) is 0 Å². The molecular weight excluding hydrogens is 230 g/mol. The molecule has 0 saturated heterocycles. The summed E-state index contributed by atoms with van der Waals surface area (Å²) in [5.74, 6) is 1.02. The first kappa shape index (κ1) is 12.2. The summed E-state index contributed by atoms with van der Waals surface area (Å²) >= 11 is 1.74. The Kier molecular flexibility index (Phi) is 3.86. The molecule has 0 bridgehead atoms. The highest BCUT2D eigenvalue weighted by molar-refractivity contribution is 7.98. The van der Waals surface area contributed by atoms with E-state index in [9.17, 15) is 0 Å². The lowest BCUT2D eigenvalue weighted by molar-refractivity contribution is 0.659. The third-order valence-electron chi connectivity index (χ3n) is 2.87. The van der Waals surface area contributed by atoms with Crippen molar-refractivity contribution in [1.29, 1.82) is 0 Å². The molecule has 0 aliphatic rings. The molecule has 90 valence electrons. The highest BCUT2D eigenvalue weighted by atomic mass is 32.2. The van der Waals surface area contributed by atoms with E-state index in [1.807, 2.05) is 17.8 Å². The summed E-state index contributed by atoms with van der Waals surface area (Å²) in [5.41, 5.74) is 7.34. The third-order valence-corrected chi connectivity index (χ3v) is 3.61. The number of hydrogen-bond donors (Lipinski definition) is 1. The van der Waals surface area contributed by atoms with Crippen LogP contribution in [0.3, 0.4) is 0 Å². The van der Waals surface area contributed by atoms with Gasteiger partial charge in [-0.05, 0) is 24.0 Å². The summed E-state index contributed by atoms with van der Waals surface area (Å²) in [6, 6.07) is 8.42. The number of hydrogen-bond acceptors (Lipinski definition) is 3. The van der Waals surface area contributed by atoms with Crippen molar-refractivity contribution in [2.75, 3.05) is 6.26 Å². The van der Waals surface area contributed by atoms with Gasteiger partial charge in [0.05, 0.1) is 0 Å². The summed E-state index contributed by atoms with van der Waals surface area (Å²) in [5, 5.41) is 0. The third kappa shape index (κ3) is 2.90. The van der Waals surface area contributed by atoms with Crippen LogP contribution < -0.4 is 5.73 Å². The minimum absolute atomic E-state index is 0.00649. The van der Waals surface area contributed by atoms with Crippen molar-refractivity contribution in [3.05, 3.63) is 48.0 Å². The molecule has 0 amide bonds. The summed E-state index contributed by atoms with van der Waals surface area (Å²) in [6.07, 6.45) is 6.59. The van der Waals surface area contributed by atoms with Crippen LogP contribution in [0.4, 0.5) is 0 Å². The van der Waals surface area contributed by atoms with Gasteiger partial charge >= 0.3 is 0 Å². The summed E-state index contributed by atoms with van der Waals surface area (Å²) in [6.45, 7) is 0. The number of thioether (sulfide) groups is 1. The van der Waals surface area contributed by atoms with Crippen LogP contribution >= 0.6 is 11.8 Å². The van der Waals surface area contributed by atoms with Gasteiger partial charge in [0.2, 0.25) is 0 Å². The predicted molar refractivity (Wildman–Crippen MR) is 72.1 cm³/mol. The fourth-order valence-electron chi connectivity index (χ4n) is 1.76. The van der Waals surface area contributed by atoms with Gasteiger partial charge in [-0.25, -0.2) is 4.98 Å². The lowest BCUT2D eigenvalue weighted by atomic mass is 10.0. The van der Waals surface area contributed by atoms with E-state index in [0.717, 1.165) is 17.8 Å². The number of rotatable bonds is 4. The molecular formula is C13H17N3S. The first-order chi connectivity index (χ1) is 8.20. The van der Waals surface area contributed by atoms with Crippen LogP contribution in [-0.2, 0) is 13.5 Å². The van der Waals surface area contributed by atoms with Crippen LogP contribution in [-0.4, -0.2) is 15.8 Å². The molecule has 0 spiro atoms. The number of imidazole rings is 1. The topological polar surface area (TPSA) is 43.8 Å². The van der Waals surface area contributed by atoms with E-state index >= 15 is 0 Å². The average Bonchev–Trinajstić information content (AvgIpc) is 2.75. The summed E-state index contributed by atoms with van der Waals surface area (Å²) in [7, 11) is 1.99. The standard InChI is InChI=1S/C13H17N3S/c1-16-8-7-15-13(16)9-12(14)10-3-5-11(17-2)6-4-10/h3-8,12H,9,14H2,1-2H3. The minimum Gasteiger partial charge on any atom is -0.338 e. The van der Waals surface area contributed by atoms with Gasteiger partial charge < -0.3 is 10.3 Å². The van der Waals surface area contributed by atoms with Gasteiger partial charge in [-0.3, -0.25) is 0 Å². The second kappa shape index (κ2) is 5.38. The molecule has 1 atom stereocenters. The maximum Gasteiger partial charge on any atom is 0.110 e. The Hall–Kier alpha value is -1.26. The fraction of sp³-hybridized carbons (Fsp3) is 0.308. The first-order valence-corrected chi connectivity index (χ1v) is 6.79. The van der Waals surface area contributed by atoms with Crippen molar-refractivity contribution in [1.82, 2.24) is 9.55 Å². The molecule has 3 nitrogen and oxygen atoms in total. The molecule has 0 radical (unpaired) electrons. The van der Waals surface area contributed by atoms with Crippen LogP contribution in [0, 0.1) is 0 Å². The van der Waals surface area contributed by atoms with Gasteiger partial charge in [0.25, 0.3) is 0 Å². The zero-order valence-electron chi connectivity index (χ0n) is 10.1. The number of benzene rings is 1. The zero-order valence-corrected chi connectivity index (χ0v) is 10.9. The largest absolute Gasteiger partial charge is 0.338 e. The second-order valence-electron chi connectivity index (χ2n) is 4.04. The highest BCUT2D eigenvalue weighted by Crippen LogP contribution is 2.19. The quantitative estimate of drug-likeness (QED) is 0.844. The molecule has 0 aliphatic heterocycles. The SMILES string of the molecule is CSc1ccc(C(N)Cc2nccn2C)cc1. The van der Waals surface area contributed by atoms with Gasteiger partial charge in [-0.15, -0.1) is 11.8 Å². The van der Waals surface area contributed by atoms with E-state index in [1.54, 1.807) is 18.0 Å². The molecule has 1 heterocycles. The van der Waals surface area contributed by atoms with Gasteiger partial charge in [-0.2, -0.15) is 0 Å². The van der Waals surface area contributed by atoms with E-state index < -0.39 is 0 Å². The van der Waals surface area contributed by atoms with Crippen LogP contribution in [0.2, 0.25) is 0 Å². The van der Waals surface area contributed by atoms with Crippen molar-refractivity contribution >= 4 is 11.8 Å². The smallest absolute Gasteiger partial charge is 0.110 e. The summed E-state index contributed by atoms with van der Waals surface area (Å²) < 4.78 is 2.01. The Morgan fingerprint density at radius 3 is 2.59 bits per heavy atom. The van der Waals surface area contributed by atoms with Crippen LogP contribution in [0.25, 0.3) is 0 Å². The Balaban J connectivity index is 2.09. The number of aromatic nitrogens is 2. The minimum atomic E-state index is 0.00649. The average molecular weight is 247 g/mol. The Labute approximate surface area is 106 Å². The first-order valence-electron chi connectivity index (χ1n) is 5.56. The molecule has 1 aromatic heterocycles. The van der Waals surface area contributed by atoms with Gasteiger partial charge in [-0.1, -0.05) is 12.1 Å². The van der Waals surface area contributed by atoms with E-state index in [0.29, 0.717) is 0 Å². The van der Waals surface area contributed by atoms with Crippen LogP contribution in [0.15, 0.2) is 41.6 Å². The predicted octanol–water partition coefficient (Wildman–Crippen LogP) is 2.38. The Bertz CT molecular complexity index is 476. The lowest BCUT2D eigenvalue weighted by Gasteiger charge is -2.12. The van der Waals surface area contributed by atoms with Crippen molar-refractivity contribution in [3.8, 4) is 0 Å². The van der Waals surface area contributed by atoms with Crippen molar-refractivity contribution in [2.24, 2.45) is 12.8 Å². The fourth-order valence-corrected chi connectivity index (χ4v) is 2.17. The van der Waals surface area contributed by atoms with Crippen LogP contribution in [0.5, 0.6) is 0 Å². The van der Waals surface area contributed by atoms with E-state index in [1.165, 1.54) is 4.90 Å². The molecule has 1 unspecified atom stereocenters. The van der Waals surface area contributed by atoms with E-state index in [4.69, 9.17) is 5.73 Å². The number of nitrogens with two attached hydrogens (primary N) is 1. The molecule has 0 fully saturated rings. The zero-order chi connectivity index (χ0) is 12.3.